The second kappa shape index (κ2) is 5.96. The predicted octanol–water partition coefficient (Wildman–Crippen LogP) is 2.95. The standard InChI is InChI=1S/C13H15N5O2/c1-9(2)16-12-11(18(19)20)13(15-8-14-12)17-10-6-4-3-5-7-10/h3-9H,1-2H3,(H2,14,15,16,17). The number of hydrogen-bond donors (Lipinski definition) is 2. The minimum atomic E-state index is -0.490. The van der Waals surface area contributed by atoms with E-state index < -0.39 is 4.92 Å². The normalized spacial score (nSPS) is 10.3. The van der Waals surface area contributed by atoms with Gasteiger partial charge in [0.05, 0.1) is 4.92 Å². The summed E-state index contributed by atoms with van der Waals surface area (Å²) in [7, 11) is 0. The molecule has 2 aromatic rings. The first-order chi connectivity index (χ1) is 9.58. The van der Waals surface area contributed by atoms with E-state index in [1.807, 2.05) is 32.0 Å². The second-order valence-corrected chi connectivity index (χ2v) is 4.47. The molecular weight excluding hydrogens is 258 g/mol. The van der Waals surface area contributed by atoms with Crippen molar-refractivity contribution in [1.29, 1.82) is 0 Å². The number of nitrogens with one attached hydrogen (secondary N) is 2. The Bertz CT molecular complexity index is 601. The quantitative estimate of drug-likeness (QED) is 0.642. The first kappa shape index (κ1) is 13.7. The van der Waals surface area contributed by atoms with E-state index in [1.165, 1.54) is 6.33 Å². The van der Waals surface area contributed by atoms with Crippen molar-refractivity contribution in [2.24, 2.45) is 0 Å². The number of nitro groups is 1. The van der Waals surface area contributed by atoms with Crippen LogP contribution in [-0.2, 0) is 0 Å². The molecule has 7 nitrogen and oxygen atoms in total. The van der Waals surface area contributed by atoms with Crippen molar-refractivity contribution in [2.45, 2.75) is 19.9 Å². The fourth-order valence-electron chi connectivity index (χ4n) is 1.68. The van der Waals surface area contributed by atoms with Crippen molar-refractivity contribution in [3.8, 4) is 0 Å². The van der Waals surface area contributed by atoms with Crippen molar-refractivity contribution in [3.63, 3.8) is 0 Å². The lowest BCUT2D eigenvalue weighted by atomic mass is 10.3. The van der Waals surface area contributed by atoms with E-state index >= 15 is 0 Å². The molecule has 0 spiro atoms. The van der Waals surface area contributed by atoms with Gasteiger partial charge in [-0.3, -0.25) is 10.1 Å². The number of anilines is 3. The summed E-state index contributed by atoms with van der Waals surface area (Å²) >= 11 is 0. The summed E-state index contributed by atoms with van der Waals surface area (Å²) in [6.07, 6.45) is 1.29. The summed E-state index contributed by atoms with van der Waals surface area (Å²) in [5, 5.41) is 17.1. The number of nitrogens with zero attached hydrogens (tertiary/aromatic N) is 3. The van der Waals surface area contributed by atoms with Gasteiger partial charge in [0.1, 0.15) is 6.33 Å². The number of aromatic nitrogens is 2. The molecule has 2 N–H and O–H groups in total. The van der Waals surface area contributed by atoms with Crippen molar-refractivity contribution < 1.29 is 4.92 Å². The summed E-state index contributed by atoms with van der Waals surface area (Å²) < 4.78 is 0. The lowest BCUT2D eigenvalue weighted by molar-refractivity contribution is -0.383. The van der Waals surface area contributed by atoms with Crippen LogP contribution in [-0.4, -0.2) is 20.9 Å². The molecule has 1 heterocycles. The highest BCUT2D eigenvalue weighted by Gasteiger charge is 2.23. The molecule has 0 aliphatic carbocycles. The highest BCUT2D eigenvalue weighted by Crippen LogP contribution is 2.31. The largest absolute Gasteiger partial charge is 0.362 e. The number of rotatable bonds is 5. The molecule has 0 bridgehead atoms. The van der Waals surface area contributed by atoms with Crippen LogP contribution >= 0.6 is 0 Å². The number of para-hydroxylation sites is 1. The van der Waals surface area contributed by atoms with Gasteiger partial charge in [-0.2, -0.15) is 0 Å². The first-order valence-corrected chi connectivity index (χ1v) is 6.16. The lowest BCUT2D eigenvalue weighted by Gasteiger charge is -2.11. The van der Waals surface area contributed by atoms with Crippen molar-refractivity contribution in [2.75, 3.05) is 10.6 Å². The summed E-state index contributed by atoms with van der Waals surface area (Å²) in [5.41, 5.74) is 0.565. The van der Waals surface area contributed by atoms with E-state index in [4.69, 9.17) is 0 Å². The van der Waals surface area contributed by atoms with E-state index in [9.17, 15) is 10.1 Å². The van der Waals surface area contributed by atoms with Gasteiger partial charge in [0.25, 0.3) is 0 Å². The van der Waals surface area contributed by atoms with Crippen LogP contribution in [0, 0.1) is 10.1 Å². The smallest absolute Gasteiger partial charge is 0.353 e. The van der Waals surface area contributed by atoms with Crippen LogP contribution in [0.15, 0.2) is 36.7 Å². The van der Waals surface area contributed by atoms with Crippen LogP contribution in [0.1, 0.15) is 13.8 Å². The topological polar surface area (TPSA) is 93.0 Å². The Hall–Kier alpha value is -2.70. The Morgan fingerprint density at radius 1 is 1.15 bits per heavy atom. The third-order valence-electron chi connectivity index (χ3n) is 2.47. The van der Waals surface area contributed by atoms with Gasteiger partial charge in [-0.15, -0.1) is 0 Å². The monoisotopic (exact) mass is 273 g/mol. The minimum absolute atomic E-state index is 0.0353. The fraction of sp³-hybridized carbons (Fsp3) is 0.231. The van der Waals surface area contributed by atoms with Crippen molar-refractivity contribution in [1.82, 2.24) is 9.97 Å². The van der Waals surface area contributed by atoms with Crippen molar-refractivity contribution >= 4 is 23.0 Å². The van der Waals surface area contributed by atoms with Crippen LogP contribution in [0.5, 0.6) is 0 Å². The fourth-order valence-corrected chi connectivity index (χ4v) is 1.68. The average molecular weight is 273 g/mol. The van der Waals surface area contributed by atoms with Gasteiger partial charge in [-0.05, 0) is 26.0 Å². The SMILES string of the molecule is CC(C)Nc1ncnc(Nc2ccccc2)c1[N+](=O)[O-]. The second-order valence-electron chi connectivity index (χ2n) is 4.47. The maximum absolute atomic E-state index is 11.3. The molecule has 1 aromatic heterocycles. The van der Waals surface area contributed by atoms with Crippen LogP contribution < -0.4 is 10.6 Å². The van der Waals surface area contributed by atoms with E-state index in [0.29, 0.717) is 0 Å². The Morgan fingerprint density at radius 3 is 2.40 bits per heavy atom. The number of benzene rings is 1. The first-order valence-electron chi connectivity index (χ1n) is 6.16. The van der Waals surface area contributed by atoms with Gasteiger partial charge in [0.2, 0.25) is 11.6 Å². The molecule has 20 heavy (non-hydrogen) atoms. The Labute approximate surface area is 116 Å². The molecule has 7 heteroatoms. The summed E-state index contributed by atoms with van der Waals surface area (Å²) in [6.45, 7) is 3.77. The van der Waals surface area contributed by atoms with Gasteiger partial charge >= 0.3 is 5.69 Å². The molecule has 0 amide bonds. The molecule has 0 unspecified atom stereocenters. The Balaban J connectivity index is 2.39. The van der Waals surface area contributed by atoms with Crippen LogP contribution in [0.3, 0.4) is 0 Å². The number of hydrogen-bond acceptors (Lipinski definition) is 6. The Kier molecular flexibility index (Phi) is 4.09. The van der Waals surface area contributed by atoms with Crippen LogP contribution in [0.25, 0.3) is 0 Å². The van der Waals surface area contributed by atoms with Crippen molar-refractivity contribution in [3.05, 3.63) is 46.8 Å². The maximum atomic E-state index is 11.3. The predicted molar refractivity (Wildman–Crippen MR) is 77.2 cm³/mol. The molecule has 0 saturated heterocycles. The van der Waals surface area contributed by atoms with E-state index in [-0.39, 0.29) is 23.4 Å². The van der Waals surface area contributed by atoms with E-state index in [1.54, 1.807) is 12.1 Å². The zero-order valence-electron chi connectivity index (χ0n) is 11.2. The average Bonchev–Trinajstić information content (AvgIpc) is 2.39. The van der Waals surface area contributed by atoms with E-state index in [0.717, 1.165) is 5.69 Å². The molecule has 0 saturated carbocycles. The summed E-state index contributed by atoms with van der Waals surface area (Å²) in [4.78, 5) is 18.7. The molecule has 0 radical (unpaired) electrons. The zero-order chi connectivity index (χ0) is 14.5. The molecule has 1 aromatic carbocycles. The summed E-state index contributed by atoms with van der Waals surface area (Å²) in [5.74, 6) is 0.373. The zero-order valence-corrected chi connectivity index (χ0v) is 11.2. The third-order valence-corrected chi connectivity index (χ3v) is 2.47. The highest BCUT2D eigenvalue weighted by atomic mass is 16.6. The van der Waals surface area contributed by atoms with Gasteiger partial charge in [0, 0.05) is 11.7 Å². The van der Waals surface area contributed by atoms with Gasteiger partial charge in [0.15, 0.2) is 0 Å². The molecule has 2 rings (SSSR count). The highest BCUT2D eigenvalue weighted by molar-refractivity contribution is 5.73. The minimum Gasteiger partial charge on any atom is -0.362 e. The molecule has 104 valence electrons. The van der Waals surface area contributed by atoms with Gasteiger partial charge < -0.3 is 10.6 Å². The van der Waals surface area contributed by atoms with E-state index in [2.05, 4.69) is 20.6 Å². The summed E-state index contributed by atoms with van der Waals surface area (Å²) in [6, 6.07) is 9.19. The van der Waals surface area contributed by atoms with Gasteiger partial charge in [-0.1, -0.05) is 18.2 Å². The molecular formula is C13H15N5O2. The lowest BCUT2D eigenvalue weighted by Crippen LogP contribution is -2.14. The van der Waals surface area contributed by atoms with Crippen LogP contribution in [0.2, 0.25) is 0 Å². The Morgan fingerprint density at radius 2 is 1.80 bits per heavy atom. The molecule has 0 aliphatic heterocycles. The molecule has 0 atom stereocenters. The third kappa shape index (κ3) is 3.19. The molecule has 0 aliphatic rings. The van der Waals surface area contributed by atoms with Crippen LogP contribution in [0.4, 0.5) is 23.0 Å². The maximum Gasteiger partial charge on any atom is 0.353 e. The van der Waals surface area contributed by atoms with Gasteiger partial charge in [-0.25, -0.2) is 9.97 Å². The molecule has 0 fully saturated rings.